The smallest absolute Gasteiger partial charge is 0.112 e. The lowest BCUT2D eigenvalue weighted by atomic mass is 10.1. The molecule has 2 unspecified atom stereocenters. The molecule has 106 valence electrons. The largest absolute Gasteiger partial charge is 0.370 e. The van der Waals surface area contributed by atoms with E-state index in [0.717, 1.165) is 34.3 Å². The second-order valence-corrected chi connectivity index (χ2v) is 5.98. The van der Waals surface area contributed by atoms with E-state index in [4.69, 9.17) is 10.5 Å². The lowest BCUT2D eigenvalue weighted by molar-refractivity contribution is -0.0104. The summed E-state index contributed by atoms with van der Waals surface area (Å²) in [6.45, 7) is 4.23. The number of halogens is 1. The number of hydrogen-bond donors (Lipinski definition) is 1. The lowest BCUT2D eigenvalue weighted by Crippen LogP contribution is -2.49. The summed E-state index contributed by atoms with van der Waals surface area (Å²) in [6.07, 6.45) is 3.86. The zero-order chi connectivity index (χ0) is 14.1. The zero-order valence-electron chi connectivity index (χ0n) is 11.3. The standard InChI is InChI=1S/C14H17BrN4O/c1-9-7-19(8-11(5-16)20-9)13-2-3-17-12-4-10(15)6-18-14(12)13/h2-4,6,9,11H,5,7-8,16H2,1H3. The van der Waals surface area contributed by atoms with Crippen LogP contribution in [0.1, 0.15) is 6.92 Å². The van der Waals surface area contributed by atoms with E-state index in [2.05, 4.69) is 37.7 Å². The molecule has 0 radical (unpaired) electrons. The average molecular weight is 337 g/mol. The van der Waals surface area contributed by atoms with Gasteiger partial charge in [-0.2, -0.15) is 0 Å². The van der Waals surface area contributed by atoms with Gasteiger partial charge in [0.05, 0.1) is 23.4 Å². The number of ether oxygens (including phenoxy) is 1. The number of morpholine rings is 1. The molecule has 1 fully saturated rings. The van der Waals surface area contributed by atoms with Crippen LogP contribution in [0, 0.1) is 0 Å². The van der Waals surface area contributed by atoms with Gasteiger partial charge in [-0.25, -0.2) is 0 Å². The van der Waals surface area contributed by atoms with Crippen LogP contribution in [0.4, 0.5) is 5.69 Å². The van der Waals surface area contributed by atoms with Crippen LogP contribution >= 0.6 is 15.9 Å². The van der Waals surface area contributed by atoms with Crippen molar-refractivity contribution in [2.24, 2.45) is 5.73 Å². The minimum Gasteiger partial charge on any atom is -0.370 e. The molecule has 6 heteroatoms. The molecule has 5 nitrogen and oxygen atoms in total. The minimum absolute atomic E-state index is 0.0670. The molecule has 0 aliphatic carbocycles. The topological polar surface area (TPSA) is 64.3 Å². The highest BCUT2D eigenvalue weighted by atomic mass is 79.9. The molecule has 2 aromatic heterocycles. The van der Waals surface area contributed by atoms with Crippen molar-refractivity contribution >= 4 is 32.7 Å². The maximum Gasteiger partial charge on any atom is 0.112 e. The van der Waals surface area contributed by atoms with Gasteiger partial charge in [-0.05, 0) is 35.0 Å². The molecule has 2 atom stereocenters. The fourth-order valence-corrected chi connectivity index (χ4v) is 2.94. The summed E-state index contributed by atoms with van der Waals surface area (Å²) in [5.74, 6) is 0. The number of nitrogens with two attached hydrogens (primary N) is 1. The summed E-state index contributed by atoms with van der Waals surface area (Å²) >= 11 is 3.43. The normalized spacial score (nSPS) is 23.2. The summed E-state index contributed by atoms with van der Waals surface area (Å²) in [4.78, 5) is 11.2. The average Bonchev–Trinajstić information content (AvgIpc) is 2.45. The van der Waals surface area contributed by atoms with Gasteiger partial charge in [0.15, 0.2) is 0 Å². The molecule has 20 heavy (non-hydrogen) atoms. The van der Waals surface area contributed by atoms with E-state index < -0.39 is 0 Å². The third kappa shape index (κ3) is 2.63. The lowest BCUT2D eigenvalue weighted by Gasteiger charge is -2.37. The summed E-state index contributed by atoms with van der Waals surface area (Å²) < 4.78 is 6.74. The minimum atomic E-state index is 0.0670. The SMILES string of the molecule is CC1CN(c2ccnc3cc(Br)cnc23)CC(CN)O1. The van der Waals surface area contributed by atoms with Crippen molar-refractivity contribution in [1.82, 2.24) is 9.97 Å². The van der Waals surface area contributed by atoms with Gasteiger partial charge in [0, 0.05) is 36.5 Å². The Balaban J connectivity index is 2.01. The highest BCUT2D eigenvalue weighted by Crippen LogP contribution is 2.27. The van der Waals surface area contributed by atoms with Gasteiger partial charge in [-0.1, -0.05) is 0 Å². The monoisotopic (exact) mass is 336 g/mol. The van der Waals surface area contributed by atoms with Crippen molar-refractivity contribution in [2.45, 2.75) is 19.1 Å². The van der Waals surface area contributed by atoms with Crippen LogP contribution in [0.2, 0.25) is 0 Å². The third-order valence-electron chi connectivity index (χ3n) is 3.45. The molecule has 1 aliphatic rings. The highest BCUT2D eigenvalue weighted by molar-refractivity contribution is 9.10. The molecule has 2 aromatic rings. The Morgan fingerprint density at radius 1 is 1.45 bits per heavy atom. The van der Waals surface area contributed by atoms with Crippen molar-refractivity contribution in [2.75, 3.05) is 24.5 Å². The summed E-state index contributed by atoms with van der Waals surface area (Å²) in [7, 11) is 0. The molecule has 0 bridgehead atoms. The van der Waals surface area contributed by atoms with Crippen LogP contribution in [0.3, 0.4) is 0 Å². The first-order valence-corrected chi connectivity index (χ1v) is 7.47. The van der Waals surface area contributed by atoms with Gasteiger partial charge in [-0.3, -0.25) is 9.97 Å². The molecule has 1 aliphatic heterocycles. The number of hydrogen-bond acceptors (Lipinski definition) is 5. The highest BCUT2D eigenvalue weighted by Gasteiger charge is 2.25. The van der Waals surface area contributed by atoms with Gasteiger partial charge in [-0.15, -0.1) is 0 Å². The van der Waals surface area contributed by atoms with E-state index in [9.17, 15) is 0 Å². The Morgan fingerprint density at radius 3 is 3.10 bits per heavy atom. The van der Waals surface area contributed by atoms with Crippen LogP contribution in [0.5, 0.6) is 0 Å². The second kappa shape index (κ2) is 5.63. The van der Waals surface area contributed by atoms with E-state index >= 15 is 0 Å². The molecule has 3 heterocycles. The second-order valence-electron chi connectivity index (χ2n) is 5.06. The molecule has 0 amide bonds. The van der Waals surface area contributed by atoms with Gasteiger partial charge in [0.1, 0.15) is 5.52 Å². The quantitative estimate of drug-likeness (QED) is 0.907. The van der Waals surface area contributed by atoms with Gasteiger partial charge in [0.25, 0.3) is 0 Å². The van der Waals surface area contributed by atoms with E-state index in [1.165, 1.54) is 0 Å². The van der Waals surface area contributed by atoms with Gasteiger partial charge >= 0.3 is 0 Å². The Hall–Kier alpha value is -1.24. The van der Waals surface area contributed by atoms with E-state index in [0.29, 0.717) is 6.54 Å². The first-order chi connectivity index (χ1) is 9.67. The number of rotatable bonds is 2. The first-order valence-electron chi connectivity index (χ1n) is 6.68. The van der Waals surface area contributed by atoms with Crippen molar-refractivity contribution in [3.63, 3.8) is 0 Å². The fourth-order valence-electron chi connectivity index (χ4n) is 2.62. The molecule has 0 aromatic carbocycles. The molecular formula is C14H17BrN4O. The Morgan fingerprint density at radius 2 is 2.30 bits per heavy atom. The van der Waals surface area contributed by atoms with Crippen molar-refractivity contribution in [1.29, 1.82) is 0 Å². The molecule has 0 saturated carbocycles. The summed E-state index contributed by atoms with van der Waals surface area (Å²) in [5, 5.41) is 0. The van der Waals surface area contributed by atoms with Crippen molar-refractivity contribution in [3.8, 4) is 0 Å². The molecule has 2 N–H and O–H groups in total. The van der Waals surface area contributed by atoms with E-state index in [-0.39, 0.29) is 12.2 Å². The molecule has 0 spiro atoms. The Bertz CT molecular complexity index is 621. The summed E-state index contributed by atoms with van der Waals surface area (Å²) in [5.41, 5.74) is 8.65. The number of nitrogens with zero attached hydrogens (tertiary/aromatic N) is 3. The van der Waals surface area contributed by atoms with Crippen LogP contribution in [0.15, 0.2) is 29.0 Å². The van der Waals surface area contributed by atoms with Gasteiger partial charge in [0.2, 0.25) is 0 Å². The fraction of sp³-hybridized carbons (Fsp3) is 0.429. The van der Waals surface area contributed by atoms with Crippen LogP contribution in [0.25, 0.3) is 11.0 Å². The van der Waals surface area contributed by atoms with Crippen LogP contribution in [-0.2, 0) is 4.74 Å². The summed E-state index contributed by atoms with van der Waals surface area (Å²) in [6, 6.07) is 3.99. The van der Waals surface area contributed by atoms with Gasteiger partial charge < -0.3 is 15.4 Å². The molecular weight excluding hydrogens is 320 g/mol. The number of pyridine rings is 2. The van der Waals surface area contributed by atoms with Crippen LogP contribution in [-0.4, -0.2) is 41.8 Å². The van der Waals surface area contributed by atoms with E-state index in [1.807, 2.05) is 18.3 Å². The maximum absolute atomic E-state index is 5.81. The van der Waals surface area contributed by atoms with Crippen molar-refractivity contribution < 1.29 is 4.74 Å². The third-order valence-corrected chi connectivity index (χ3v) is 3.89. The predicted molar refractivity (Wildman–Crippen MR) is 82.8 cm³/mol. The molecule has 3 rings (SSSR count). The predicted octanol–water partition coefficient (Wildman–Crippen LogP) is 1.94. The van der Waals surface area contributed by atoms with E-state index in [1.54, 1.807) is 6.20 Å². The zero-order valence-corrected chi connectivity index (χ0v) is 12.9. The number of aromatic nitrogens is 2. The number of anilines is 1. The first kappa shape index (κ1) is 13.7. The Kier molecular flexibility index (Phi) is 3.87. The van der Waals surface area contributed by atoms with Crippen molar-refractivity contribution in [3.05, 3.63) is 29.0 Å². The molecule has 1 saturated heterocycles. The Labute approximate surface area is 126 Å². The maximum atomic E-state index is 5.81. The van der Waals surface area contributed by atoms with Crippen LogP contribution < -0.4 is 10.6 Å². The number of fused-ring (bicyclic) bond motifs is 1.